The van der Waals surface area contributed by atoms with E-state index in [0.29, 0.717) is 23.3 Å². The molecule has 6 heteroatoms. The van der Waals surface area contributed by atoms with Gasteiger partial charge in [-0.2, -0.15) is 4.98 Å². The number of benzene rings is 2. The fourth-order valence-corrected chi connectivity index (χ4v) is 2.38. The van der Waals surface area contributed by atoms with Crippen LogP contribution in [0.2, 0.25) is 5.02 Å². The molecule has 0 unspecified atom stereocenters. The van der Waals surface area contributed by atoms with Crippen molar-refractivity contribution in [1.29, 1.82) is 0 Å². The summed E-state index contributed by atoms with van der Waals surface area (Å²) >= 11 is 6.14. The van der Waals surface area contributed by atoms with Gasteiger partial charge < -0.3 is 10.6 Å². The molecule has 122 valence electrons. The van der Waals surface area contributed by atoms with Gasteiger partial charge >= 0.3 is 0 Å². The van der Waals surface area contributed by atoms with Gasteiger partial charge in [-0.05, 0) is 36.8 Å². The van der Waals surface area contributed by atoms with Crippen LogP contribution in [0.3, 0.4) is 0 Å². The molecule has 3 aromatic rings. The molecule has 2 N–H and O–H groups in total. The molecular weight excluding hydrogens is 327 g/mol. The zero-order chi connectivity index (χ0) is 16.9. The number of rotatable bonds is 5. The van der Waals surface area contributed by atoms with E-state index in [1.54, 1.807) is 18.2 Å². The van der Waals surface area contributed by atoms with E-state index < -0.39 is 0 Å². The molecule has 3 rings (SSSR count). The highest BCUT2D eigenvalue weighted by Crippen LogP contribution is 2.24. The second-order valence-electron chi connectivity index (χ2n) is 5.30. The Balaban J connectivity index is 1.74. The fraction of sp³-hybridized carbons (Fsp3) is 0.111. The molecule has 0 atom stereocenters. The predicted molar refractivity (Wildman–Crippen MR) is 95.2 cm³/mol. The lowest BCUT2D eigenvalue weighted by molar-refractivity contribution is 0.627. The highest BCUT2D eigenvalue weighted by molar-refractivity contribution is 6.33. The molecule has 0 saturated heterocycles. The molecule has 2 aromatic carbocycles. The minimum Gasteiger partial charge on any atom is -0.366 e. The number of nitrogens with zero attached hydrogens (tertiary/aromatic N) is 2. The minimum atomic E-state index is -0.247. The van der Waals surface area contributed by atoms with Gasteiger partial charge in [-0.3, -0.25) is 0 Å². The molecule has 0 aliphatic rings. The Labute approximate surface area is 144 Å². The third-order valence-electron chi connectivity index (χ3n) is 3.36. The first-order valence-electron chi connectivity index (χ1n) is 7.46. The molecule has 0 fully saturated rings. The van der Waals surface area contributed by atoms with Crippen molar-refractivity contribution in [2.75, 3.05) is 10.6 Å². The second kappa shape index (κ2) is 7.27. The summed E-state index contributed by atoms with van der Waals surface area (Å²) < 4.78 is 12.9. The molecule has 0 aliphatic carbocycles. The monoisotopic (exact) mass is 342 g/mol. The predicted octanol–water partition coefficient (Wildman–Crippen LogP) is 4.93. The van der Waals surface area contributed by atoms with Crippen molar-refractivity contribution in [3.63, 3.8) is 0 Å². The summed E-state index contributed by atoms with van der Waals surface area (Å²) in [6.45, 7) is 2.44. The van der Waals surface area contributed by atoms with Gasteiger partial charge in [0, 0.05) is 18.3 Å². The van der Waals surface area contributed by atoms with E-state index in [0.717, 1.165) is 16.9 Å². The van der Waals surface area contributed by atoms with Crippen LogP contribution in [0.5, 0.6) is 0 Å². The Morgan fingerprint density at radius 2 is 1.79 bits per heavy atom. The van der Waals surface area contributed by atoms with Crippen LogP contribution >= 0.6 is 11.6 Å². The Kier molecular flexibility index (Phi) is 4.91. The summed E-state index contributed by atoms with van der Waals surface area (Å²) in [6.07, 6.45) is 0. The first kappa shape index (κ1) is 16.2. The minimum absolute atomic E-state index is 0.247. The third-order valence-corrected chi connectivity index (χ3v) is 3.69. The number of para-hydroxylation sites is 1. The Morgan fingerprint density at radius 3 is 2.54 bits per heavy atom. The maximum atomic E-state index is 12.9. The Bertz CT molecular complexity index is 837. The molecule has 24 heavy (non-hydrogen) atoms. The number of aryl methyl sites for hydroxylation is 1. The first-order chi connectivity index (χ1) is 11.6. The lowest BCUT2D eigenvalue weighted by Gasteiger charge is -2.11. The number of hydrogen-bond acceptors (Lipinski definition) is 4. The average molecular weight is 343 g/mol. The van der Waals surface area contributed by atoms with Gasteiger partial charge in [-0.15, -0.1) is 0 Å². The highest BCUT2D eigenvalue weighted by Gasteiger charge is 2.05. The lowest BCUT2D eigenvalue weighted by Crippen LogP contribution is -2.05. The molecule has 1 aromatic heterocycles. The largest absolute Gasteiger partial charge is 0.366 e. The Morgan fingerprint density at radius 1 is 1.04 bits per heavy atom. The average Bonchev–Trinajstić information content (AvgIpc) is 2.56. The van der Waals surface area contributed by atoms with Crippen molar-refractivity contribution in [1.82, 2.24) is 9.97 Å². The van der Waals surface area contributed by atoms with Gasteiger partial charge in [-0.25, -0.2) is 9.37 Å². The smallest absolute Gasteiger partial charge is 0.229 e. The number of halogens is 2. The van der Waals surface area contributed by atoms with Crippen molar-refractivity contribution in [3.8, 4) is 0 Å². The number of hydrogen-bond donors (Lipinski definition) is 2. The van der Waals surface area contributed by atoms with Gasteiger partial charge in [0.25, 0.3) is 0 Å². The van der Waals surface area contributed by atoms with Gasteiger partial charge in [0.15, 0.2) is 0 Å². The molecule has 0 saturated carbocycles. The van der Waals surface area contributed by atoms with E-state index in [1.165, 1.54) is 12.1 Å². The summed E-state index contributed by atoms with van der Waals surface area (Å²) in [5, 5.41) is 6.93. The van der Waals surface area contributed by atoms with E-state index in [1.807, 2.05) is 31.2 Å². The molecular formula is C18H16ClFN4. The van der Waals surface area contributed by atoms with Crippen LogP contribution in [0.1, 0.15) is 11.3 Å². The van der Waals surface area contributed by atoms with Crippen molar-refractivity contribution in [2.45, 2.75) is 13.5 Å². The Hall–Kier alpha value is -2.66. The van der Waals surface area contributed by atoms with Crippen LogP contribution in [0.25, 0.3) is 0 Å². The van der Waals surface area contributed by atoms with Crippen LogP contribution in [-0.2, 0) is 6.54 Å². The molecule has 4 nitrogen and oxygen atoms in total. The summed E-state index contributed by atoms with van der Waals surface area (Å²) in [5.74, 6) is 0.897. The molecule has 0 bridgehead atoms. The van der Waals surface area contributed by atoms with Crippen molar-refractivity contribution in [2.24, 2.45) is 0 Å². The molecule has 1 heterocycles. The SMILES string of the molecule is Cc1cc(NCc2ccc(F)cc2)nc(Nc2ccccc2Cl)n1. The number of aromatic nitrogens is 2. The van der Waals surface area contributed by atoms with Crippen molar-refractivity contribution < 1.29 is 4.39 Å². The van der Waals surface area contributed by atoms with Crippen LogP contribution in [-0.4, -0.2) is 9.97 Å². The third kappa shape index (κ3) is 4.20. The van der Waals surface area contributed by atoms with E-state index >= 15 is 0 Å². The summed E-state index contributed by atoms with van der Waals surface area (Å²) in [7, 11) is 0. The van der Waals surface area contributed by atoms with E-state index in [-0.39, 0.29) is 5.82 Å². The van der Waals surface area contributed by atoms with Crippen LogP contribution in [0.15, 0.2) is 54.6 Å². The highest BCUT2D eigenvalue weighted by atomic mass is 35.5. The summed E-state index contributed by atoms with van der Waals surface area (Å²) in [6, 6.07) is 15.6. The molecule has 0 spiro atoms. The maximum absolute atomic E-state index is 12.9. The van der Waals surface area contributed by atoms with Crippen LogP contribution in [0.4, 0.5) is 21.8 Å². The standard InChI is InChI=1S/C18H16ClFN4/c1-12-10-17(21-11-13-6-8-14(20)9-7-13)24-18(22-12)23-16-5-3-2-4-15(16)19/h2-10H,11H2,1H3,(H2,21,22,23,24). The zero-order valence-electron chi connectivity index (χ0n) is 13.1. The fourth-order valence-electron chi connectivity index (χ4n) is 2.19. The van der Waals surface area contributed by atoms with Gasteiger partial charge in [-0.1, -0.05) is 35.9 Å². The van der Waals surface area contributed by atoms with Crippen molar-refractivity contribution in [3.05, 3.63) is 76.7 Å². The quantitative estimate of drug-likeness (QED) is 0.690. The molecule has 0 amide bonds. The van der Waals surface area contributed by atoms with E-state index in [9.17, 15) is 4.39 Å². The molecule has 0 aliphatic heterocycles. The van der Waals surface area contributed by atoms with E-state index in [4.69, 9.17) is 11.6 Å². The van der Waals surface area contributed by atoms with E-state index in [2.05, 4.69) is 20.6 Å². The number of anilines is 3. The van der Waals surface area contributed by atoms with Gasteiger partial charge in [0.2, 0.25) is 5.95 Å². The van der Waals surface area contributed by atoms with Crippen molar-refractivity contribution >= 4 is 29.1 Å². The van der Waals surface area contributed by atoms with Gasteiger partial charge in [0.1, 0.15) is 11.6 Å². The van der Waals surface area contributed by atoms with Crippen LogP contribution in [0, 0.1) is 12.7 Å². The van der Waals surface area contributed by atoms with Crippen LogP contribution < -0.4 is 10.6 Å². The molecule has 0 radical (unpaired) electrons. The topological polar surface area (TPSA) is 49.8 Å². The maximum Gasteiger partial charge on any atom is 0.229 e. The summed E-state index contributed by atoms with van der Waals surface area (Å²) in [4.78, 5) is 8.80. The second-order valence-corrected chi connectivity index (χ2v) is 5.71. The number of nitrogens with one attached hydrogen (secondary N) is 2. The normalized spacial score (nSPS) is 10.5. The summed E-state index contributed by atoms with van der Waals surface area (Å²) in [5.41, 5.74) is 2.53. The lowest BCUT2D eigenvalue weighted by atomic mass is 10.2. The zero-order valence-corrected chi connectivity index (χ0v) is 13.8. The first-order valence-corrected chi connectivity index (χ1v) is 7.83. The van der Waals surface area contributed by atoms with Gasteiger partial charge in [0.05, 0.1) is 10.7 Å².